The van der Waals surface area contributed by atoms with Crippen molar-refractivity contribution >= 4 is 38.5 Å². The van der Waals surface area contributed by atoms with Gasteiger partial charge in [-0.25, -0.2) is 33.2 Å². The second kappa shape index (κ2) is 14.6. The normalized spacial score (nSPS) is 16.6. The number of likely N-dealkylation sites (tertiary alicyclic amines) is 1. The number of hydrogen-bond acceptors (Lipinski definition) is 11. The Bertz CT molecular complexity index is 1610. The number of methoxy groups -OCH3 is 1. The Morgan fingerprint density at radius 2 is 1.89 bits per heavy atom. The van der Waals surface area contributed by atoms with Gasteiger partial charge in [0.15, 0.2) is 0 Å². The number of nitrogens with zero attached hydrogens (tertiary/aromatic N) is 5. The maximum absolute atomic E-state index is 15.3. The third kappa shape index (κ3) is 8.54. The fourth-order valence-electron chi connectivity index (χ4n) is 5.96. The highest BCUT2D eigenvalue weighted by atomic mass is 32.2. The lowest BCUT2D eigenvalue weighted by Gasteiger charge is -2.32. The number of aromatic nitrogens is 3. The number of hydrogen-bond donors (Lipinski definition) is 3. The molecule has 2 aromatic heterocycles. The smallest absolute Gasteiger partial charge is 0.243 e. The van der Waals surface area contributed by atoms with Crippen LogP contribution in [0.15, 0.2) is 24.4 Å². The van der Waals surface area contributed by atoms with Crippen molar-refractivity contribution in [3.05, 3.63) is 35.8 Å². The fourth-order valence-corrected chi connectivity index (χ4v) is 6.51. The fraction of sp³-hybridized carbons (Fsp3) is 0.533. The number of ether oxygens (including phenoxy) is 2. The van der Waals surface area contributed by atoms with E-state index in [1.165, 1.54) is 25.4 Å². The van der Waals surface area contributed by atoms with E-state index in [1.807, 2.05) is 4.90 Å². The van der Waals surface area contributed by atoms with E-state index in [0.717, 1.165) is 57.0 Å². The first-order valence-electron chi connectivity index (χ1n) is 15.1. The van der Waals surface area contributed by atoms with Crippen LogP contribution in [0.1, 0.15) is 44.1 Å². The number of anilines is 2. The third-order valence-electron chi connectivity index (χ3n) is 8.23. The van der Waals surface area contributed by atoms with Gasteiger partial charge in [-0.3, -0.25) is 19.6 Å². The van der Waals surface area contributed by atoms with Gasteiger partial charge in [-0.1, -0.05) is 12.8 Å². The zero-order valence-electron chi connectivity index (χ0n) is 25.6. The number of pyridine rings is 1. The van der Waals surface area contributed by atoms with E-state index in [4.69, 9.17) is 24.6 Å². The van der Waals surface area contributed by atoms with Gasteiger partial charge in [0, 0.05) is 43.2 Å². The summed E-state index contributed by atoms with van der Waals surface area (Å²) in [6, 6.07) is 4.53. The molecule has 0 saturated carbocycles. The molecule has 3 N–H and O–H groups in total. The predicted molar refractivity (Wildman–Crippen MR) is 167 cm³/mol. The van der Waals surface area contributed by atoms with E-state index in [-0.39, 0.29) is 17.5 Å². The van der Waals surface area contributed by atoms with Crippen LogP contribution in [0.2, 0.25) is 0 Å². The van der Waals surface area contributed by atoms with Crippen LogP contribution in [-0.4, -0.2) is 92.1 Å². The zero-order chi connectivity index (χ0) is 32.0. The van der Waals surface area contributed by atoms with Crippen molar-refractivity contribution in [3.8, 4) is 17.1 Å². The first kappa shape index (κ1) is 32.7. The van der Waals surface area contributed by atoms with Crippen LogP contribution < -0.4 is 19.8 Å². The summed E-state index contributed by atoms with van der Waals surface area (Å²) in [5.41, 5.74) is 4.11. The highest BCUT2D eigenvalue weighted by Gasteiger charge is 2.24. The first-order chi connectivity index (χ1) is 21.6. The molecule has 1 aromatic carbocycles. The molecule has 0 spiro atoms. The van der Waals surface area contributed by atoms with Gasteiger partial charge >= 0.3 is 0 Å². The van der Waals surface area contributed by atoms with E-state index in [1.54, 1.807) is 11.5 Å². The molecule has 2 fully saturated rings. The lowest BCUT2D eigenvalue weighted by atomic mass is 9.91. The van der Waals surface area contributed by atoms with Crippen LogP contribution >= 0.6 is 0 Å². The topological polar surface area (TPSA) is 159 Å². The Morgan fingerprint density at radius 1 is 1.13 bits per heavy atom. The van der Waals surface area contributed by atoms with Gasteiger partial charge in [-0.05, 0) is 62.0 Å². The highest BCUT2D eigenvalue weighted by Crippen LogP contribution is 2.35. The number of benzene rings is 1. The number of unbranched alkanes of at least 4 members (excludes halogenated alkanes) is 1. The van der Waals surface area contributed by atoms with Gasteiger partial charge in [0.2, 0.25) is 27.8 Å². The lowest BCUT2D eigenvalue weighted by molar-refractivity contribution is -0.129. The Morgan fingerprint density at radius 3 is 2.58 bits per heavy atom. The molecular formula is C30H40FN7O6S. The summed E-state index contributed by atoms with van der Waals surface area (Å²) < 4.78 is 52.7. The molecule has 4 heterocycles. The van der Waals surface area contributed by atoms with Crippen molar-refractivity contribution in [2.24, 2.45) is 5.92 Å². The number of piperidine rings is 1. The molecular weight excluding hydrogens is 605 g/mol. The van der Waals surface area contributed by atoms with Crippen LogP contribution in [0.5, 0.6) is 5.88 Å². The Balaban J connectivity index is 1.45. The zero-order valence-corrected chi connectivity index (χ0v) is 26.4. The van der Waals surface area contributed by atoms with Crippen LogP contribution in [0.4, 0.5) is 16.0 Å². The minimum absolute atomic E-state index is 0.0990. The number of sulfonamides is 1. The molecule has 0 bridgehead atoms. The lowest BCUT2D eigenvalue weighted by Crippen LogP contribution is -2.37. The number of nitrogens with one attached hydrogen (secondary N) is 2. The van der Waals surface area contributed by atoms with Gasteiger partial charge in [-0.15, -0.1) is 0 Å². The number of carbonyl (C=O) groups excluding carboxylic acids is 1. The quantitative estimate of drug-likeness (QED) is 0.151. The Labute approximate surface area is 262 Å². The van der Waals surface area contributed by atoms with Gasteiger partial charge in [0.05, 0.1) is 37.8 Å². The molecule has 2 aliphatic rings. The van der Waals surface area contributed by atoms with E-state index < -0.39 is 15.8 Å². The summed E-state index contributed by atoms with van der Waals surface area (Å²) in [6.07, 6.45) is 7.60. The summed E-state index contributed by atoms with van der Waals surface area (Å²) in [7, 11) is -2.24. The molecule has 45 heavy (non-hydrogen) atoms. The predicted octanol–water partition coefficient (Wildman–Crippen LogP) is 3.33. The molecule has 0 aliphatic carbocycles. The molecule has 2 aliphatic heterocycles. The second-order valence-electron chi connectivity index (χ2n) is 11.6. The Kier molecular flexibility index (Phi) is 10.6. The molecule has 0 atom stereocenters. The summed E-state index contributed by atoms with van der Waals surface area (Å²) in [4.78, 5) is 29.7. The molecule has 0 radical (unpaired) electrons. The van der Waals surface area contributed by atoms with Crippen LogP contribution in [0.25, 0.3) is 22.2 Å². The van der Waals surface area contributed by atoms with Crippen molar-refractivity contribution in [3.63, 3.8) is 0 Å². The van der Waals surface area contributed by atoms with Gasteiger partial charge in [-0.2, -0.15) is 0 Å². The van der Waals surface area contributed by atoms with Gasteiger partial charge in [0.1, 0.15) is 11.5 Å². The number of rotatable bonds is 12. The van der Waals surface area contributed by atoms with E-state index in [9.17, 15) is 13.2 Å². The standard InChI is InChI=1S/C30H40FN7O6S/c1-43-29-25(36-45(2,41)42)16-21(18-32-29)27-24-17-23(31)15-22(28(24)34-30(33-27)38-11-13-44-14-12-38)19-37-9-7-20(8-10-37)5-3-4-6-26(39)35-40/h15-18,20,36,40H,3-14,19H2,1-2H3,(H,35,39). The maximum atomic E-state index is 15.3. The average molecular weight is 646 g/mol. The number of halogens is 1. The monoisotopic (exact) mass is 645 g/mol. The van der Waals surface area contributed by atoms with E-state index >= 15 is 4.39 Å². The van der Waals surface area contributed by atoms with Crippen LogP contribution in [0, 0.1) is 11.7 Å². The molecule has 5 rings (SSSR count). The molecule has 13 nitrogen and oxygen atoms in total. The number of hydroxylamine groups is 1. The molecule has 15 heteroatoms. The molecule has 0 unspecified atom stereocenters. The van der Waals surface area contributed by atoms with E-state index in [2.05, 4.69) is 14.6 Å². The average Bonchev–Trinajstić information content (AvgIpc) is 3.03. The SMILES string of the molecule is COc1ncc(-c2nc(N3CCOCC3)nc3c(CN4CCC(CCCCC(=O)NO)CC4)cc(F)cc23)cc1NS(C)(=O)=O. The van der Waals surface area contributed by atoms with E-state index in [0.29, 0.717) is 73.3 Å². The van der Waals surface area contributed by atoms with Gasteiger partial charge in [0.25, 0.3) is 0 Å². The van der Waals surface area contributed by atoms with Crippen molar-refractivity contribution < 1.29 is 32.3 Å². The third-order valence-corrected chi connectivity index (χ3v) is 8.82. The van der Waals surface area contributed by atoms with Crippen molar-refractivity contribution in [1.82, 2.24) is 25.3 Å². The summed E-state index contributed by atoms with van der Waals surface area (Å²) in [5.74, 6) is 0.365. The van der Waals surface area contributed by atoms with Crippen molar-refractivity contribution in [2.75, 3.05) is 62.4 Å². The first-order valence-corrected chi connectivity index (χ1v) is 17.0. The Hall–Kier alpha value is -3.66. The van der Waals surface area contributed by atoms with Gasteiger partial charge < -0.3 is 14.4 Å². The summed E-state index contributed by atoms with van der Waals surface area (Å²) >= 11 is 0. The molecule has 2 saturated heterocycles. The molecule has 3 aromatic rings. The number of morpholine rings is 1. The van der Waals surface area contributed by atoms with Crippen LogP contribution in [0.3, 0.4) is 0 Å². The van der Waals surface area contributed by atoms with Crippen molar-refractivity contribution in [1.29, 1.82) is 0 Å². The highest BCUT2D eigenvalue weighted by molar-refractivity contribution is 7.92. The van der Waals surface area contributed by atoms with Crippen LogP contribution in [-0.2, 0) is 26.1 Å². The minimum atomic E-state index is -3.64. The summed E-state index contributed by atoms with van der Waals surface area (Å²) in [6.45, 7) is 4.49. The summed E-state index contributed by atoms with van der Waals surface area (Å²) in [5, 5.41) is 9.17. The second-order valence-corrected chi connectivity index (χ2v) is 13.3. The largest absolute Gasteiger partial charge is 0.480 e. The molecule has 244 valence electrons. The number of fused-ring (bicyclic) bond motifs is 1. The number of carbonyl (C=O) groups is 1. The molecule has 1 amide bonds. The maximum Gasteiger partial charge on any atom is 0.243 e. The van der Waals surface area contributed by atoms with Crippen molar-refractivity contribution in [2.45, 2.75) is 45.1 Å². The minimum Gasteiger partial charge on any atom is -0.480 e. The number of amides is 1.